The molecule has 1 saturated heterocycles. The second-order valence-electron chi connectivity index (χ2n) is 4.69. The van der Waals surface area contributed by atoms with E-state index in [-0.39, 0.29) is 18.8 Å². The minimum absolute atomic E-state index is 0.277. The first-order valence-corrected chi connectivity index (χ1v) is 7.02. The molecule has 0 bridgehead atoms. The van der Waals surface area contributed by atoms with E-state index in [0.717, 1.165) is 5.69 Å². The summed E-state index contributed by atoms with van der Waals surface area (Å²) in [4.78, 5) is 13.5. The van der Waals surface area contributed by atoms with Crippen molar-refractivity contribution in [3.05, 3.63) is 59.6 Å². The highest BCUT2D eigenvalue weighted by Crippen LogP contribution is 2.25. The van der Waals surface area contributed by atoms with Gasteiger partial charge in [0.05, 0.1) is 11.6 Å². The zero-order valence-electron chi connectivity index (χ0n) is 11.2. The molecule has 4 nitrogen and oxygen atoms in total. The van der Waals surface area contributed by atoms with Crippen LogP contribution in [0.1, 0.15) is 0 Å². The van der Waals surface area contributed by atoms with Gasteiger partial charge in [0.2, 0.25) is 0 Å². The van der Waals surface area contributed by atoms with Crippen LogP contribution in [0.15, 0.2) is 54.6 Å². The van der Waals surface area contributed by atoms with E-state index in [9.17, 15) is 4.79 Å². The number of rotatable bonds is 4. The largest absolute Gasteiger partial charge is 0.488 e. The Hall–Kier alpha value is -2.20. The van der Waals surface area contributed by atoms with Crippen molar-refractivity contribution in [3.63, 3.8) is 0 Å². The maximum Gasteiger partial charge on any atom is 0.414 e. The minimum Gasteiger partial charge on any atom is -0.488 e. The number of amides is 1. The molecule has 2 aromatic carbocycles. The minimum atomic E-state index is -0.353. The maximum absolute atomic E-state index is 11.9. The Morgan fingerprint density at radius 1 is 1.14 bits per heavy atom. The van der Waals surface area contributed by atoms with Crippen molar-refractivity contribution in [2.45, 2.75) is 6.10 Å². The van der Waals surface area contributed by atoms with Crippen molar-refractivity contribution in [1.82, 2.24) is 0 Å². The van der Waals surface area contributed by atoms with Crippen molar-refractivity contribution in [2.24, 2.45) is 0 Å². The molecule has 1 atom stereocenters. The molecule has 2 aromatic rings. The third kappa shape index (κ3) is 3.11. The first kappa shape index (κ1) is 13.8. The third-order valence-electron chi connectivity index (χ3n) is 3.20. The van der Waals surface area contributed by atoms with Gasteiger partial charge < -0.3 is 9.47 Å². The molecular weight excluding hydrogens is 290 g/mol. The molecule has 3 rings (SSSR count). The Balaban J connectivity index is 1.62. The van der Waals surface area contributed by atoms with Gasteiger partial charge in [0.25, 0.3) is 0 Å². The SMILES string of the molecule is O=C1OC(COc2ccccc2Cl)CN1c1ccccc1. The summed E-state index contributed by atoms with van der Waals surface area (Å²) >= 11 is 6.02. The lowest BCUT2D eigenvalue weighted by atomic mass is 10.3. The number of anilines is 1. The highest BCUT2D eigenvalue weighted by atomic mass is 35.5. The van der Waals surface area contributed by atoms with E-state index < -0.39 is 0 Å². The zero-order chi connectivity index (χ0) is 14.7. The molecule has 0 aromatic heterocycles. The van der Waals surface area contributed by atoms with Crippen LogP contribution < -0.4 is 9.64 Å². The molecule has 0 radical (unpaired) electrons. The van der Waals surface area contributed by atoms with Gasteiger partial charge in [-0.2, -0.15) is 0 Å². The van der Waals surface area contributed by atoms with Crippen LogP contribution >= 0.6 is 11.6 Å². The summed E-state index contributed by atoms with van der Waals surface area (Å²) in [6.45, 7) is 0.742. The predicted molar refractivity (Wildman–Crippen MR) is 81.0 cm³/mol. The van der Waals surface area contributed by atoms with Gasteiger partial charge in [0.1, 0.15) is 12.4 Å². The lowest BCUT2D eigenvalue weighted by Gasteiger charge is -2.13. The van der Waals surface area contributed by atoms with E-state index in [1.807, 2.05) is 42.5 Å². The maximum atomic E-state index is 11.9. The molecule has 1 aliphatic rings. The molecule has 1 fully saturated rings. The normalized spacial score (nSPS) is 17.7. The van der Waals surface area contributed by atoms with E-state index in [1.54, 1.807) is 17.0 Å². The first-order valence-electron chi connectivity index (χ1n) is 6.64. The summed E-state index contributed by atoms with van der Waals surface area (Å²) in [7, 11) is 0. The fraction of sp³-hybridized carbons (Fsp3) is 0.188. The van der Waals surface area contributed by atoms with E-state index >= 15 is 0 Å². The second-order valence-corrected chi connectivity index (χ2v) is 5.10. The van der Waals surface area contributed by atoms with Gasteiger partial charge in [0.15, 0.2) is 6.10 Å². The third-order valence-corrected chi connectivity index (χ3v) is 3.52. The number of para-hydroxylation sites is 2. The molecular formula is C16H14ClNO3. The van der Waals surface area contributed by atoms with Gasteiger partial charge in [-0.25, -0.2) is 4.79 Å². The Morgan fingerprint density at radius 3 is 2.62 bits per heavy atom. The summed E-state index contributed by atoms with van der Waals surface area (Å²) < 4.78 is 10.9. The van der Waals surface area contributed by atoms with Crippen molar-refractivity contribution >= 4 is 23.4 Å². The smallest absolute Gasteiger partial charge is 0.414 e. The average Bonchev–Trinajstić information content (AvgIpc) is 2.88. The Kier molecular flexibility index (Phi) is 3.97. The lowest BCUT2D eigenvalue weighted by Crippen LogP contribution is -2.26. The number of nitrogens with zero attached hydrogens (tertiary/aromatic N) is 1. The molecule has 0 saturated carbocycles. The van der Waals surface area contributed by atoms with Gasteiger partial charge in [-0.3, -0.25) is 4.90 Å². The molecule has 0 aliphatic carbocycles. The summed E-state index contributed by atoms with van der Waals surface area (Å²) in [5.74, 6) is 0.591. The molecule has 1 unspecified atom stereocenters. The van der Waals surface area contributed by atoms with Crippen molar-refractivity contribution < 1.29 is 14.3 Å². The van der Waals surface area contributed by atoms with Gasteiger partial charge in [-0.15, -0.1) is 0 Å². The summed E-state index contributed by atoms with van der Waals surface area (Å²) in [5.41, 5.74) is 0.822. The second kappa shape index (κ2) is 6.06. The monoisotopic (exact) mass is 303 g/mol. The van der Waals surface area contributed by atoms with Crippen LogP contribution in [0.5, 0.6) is 5.75 Å². The van der Waals surface area contributed by atoms with Crippen molar-refractivity contribution in [1.29, 1.82) is 0 Å². The fourth-order valence-corrected chi connectivity index (χ4v) is 2.36. The van der Waals surface area contributed by atoms with Crippen LogP contribution in [0.4, 0.5) is 10.5 Å². The number of halogens is 1. The van der Waals surface area contributed by atoms with Crippen LogP contribution in [-0.2, 0) is 4.74 Å². The molecule has 108 valence electrons. The van der Waals surface area contributed by atoms with Crippen molar-refractivity contribution in [3.8, 4) is 5.75 Å². The number of hydrogen-bond donors (Lipinski definition) is 0. The number of carbonyl (C=O) groups excluding carboxylic acids is 1. The van der Waals surface area contributed by atoms with Gasteiger partial charge >= 0.3 is 6.09 Å². The number of hydrogen-bond acceptors (Lipinski definition) is 3. The van der Waals surface area contributed by atoms with Gasteiger partial charge in [0, 0.05) is 5.69 Å². The molecule has 1 amide bonds. The molecule has 5 heteroatoms. The number of cyclic esters (lactones) is 1. The van der Waals surface area contributed by atoms with E-state index in [4.69, 9.17) is 21.1 Å². The van der Waals surface area contributed by atoms with E-state index in [0.29, 0.717) is 17.3 Å². The highest BCUT2D eigenvalue weighted by Gasteiger charge is 2.32. The van der Waals surface area contributed by atoms with Crippen LogP contribution in [0, 0.1) is 0 Å². The molecule has 1 heterocycles. The van der Waals surface area contributed by atoms with Crippen LogP contribution in [0.3, 0.4) is 0 Å². The van der Waals surface area contributed by atoms with Gasteiger partial charge in [-0.05, 0) is 24.3 Å². The fourth-order valence-electron chi connectivity index (χ4n) is 2.17. The van der Waals surface area contributed by atoms with E-state index in [1.165, 1.54) is 0 Å². The Morgan fingerprint density at radius 2 is 1.86 bits per heavy atom. The summed E-state index contributed by atoms with van der Waals surface area (Å²) in [6.07, 6.45) is -0.664. The topological polar surface area (TPSA) is 38.8 Å². The van der Waals surface area contributed by atoms with Crippen LogP contribution in [-0.4, -0.2) is 25.3 Å². The Bertz CT molecular complexity index is 632. The molecule has 21 heavy (non-hydrogen) atoms. The lowest BCUT2D eigenvalue weighted by molar-refractivity contribution is 0.105. The Labute approximate surface area is 127 Å². The van der Waals surface area contributed by atoms with Crippen molar-refractivity contribution in [2.75, 3.05) is 18.1 Å². The molecule has 0 N–H and O–H groups in total. The molecule has 1 aliphatic heterocycles. The average molecular weight is 304 g/mol. The first-order chi connectivity index (χ1) is 10.2. The zero-order valence-corrected chi connectivity index (χ0v) is 12.0. The highest BCUT2D eigenvalue weighted by molar-refractivity contribution is 6.32. The standard InChI is InChI=1S/C16H14ClNO3/c17-14-8-4-5-9-15(14)20-11-13-10-18(16(19)21-13)12-6-2-1-3-7-12/h1-9,13H,10-11H2. The quantitative estimate of drug-likeness (QED) is 0.863. The number of benzene rings is 2. The number of carbonyl (C=O) groups is 1. The van der Waals surface area contributed by atoms with E-state index in [2.05, 4.69) is 0 Å². The van der Waals surface area contributed by atoms with Gasteiger partial charge in [-0.1, -0.05) is 41.9 Å². The molecule has 0 spiro atoms. The predicted octanol–water partition coefficient (Wildman–Crippen LogP) is 3.74. The van der Waals surface area contributed by atoms with Crippen LogP contribution in [0.25, 0.3) is 0 Å². The van der Waals surface area contributed by atoms with Crippen LogP contribution in [0.2, 0.25) is 5.02 Å². The number of ether oxygens (including phenoxy) is 2. The summed E-state index contributed by atoms with van der Waals surface area (Å²) in [5, 5.41) is 0.543. The summed E-state index contributed by atoms with van der Waals surface area (Å²) in [6, 6.07) is 16.6.